The van der Waals surface area contributed by atoms with E-state index in [0.717, 1.165) is 24.3 Å². The van der Waals surface area contributed by atoms with Crippen LogP contribution in [-0.2, 0) is 14.1 Å². The minimum atomic E-state index is -6.83. The minimum absolute atomic E-state index is 0.0620. The van der Waals surface area contributed by atoms with Crippen LogP contribution in [0, 0.1) is 0 Å². The zero-order valence-electron chi connectivity index (χ0n) is 18.5. The van der Waals surface area contributed by atoms with Crippen LogP contribution < -0.4 is 0 Å². The number of carbonyl (C=O) groups excluding carboxylic acids is 3. The van der Waals surface area contributed by atoms with E-state index >= 15 is 0 Å². The molecule has 0 amide bonds. The predicted molar refractivity (Wildman–Crippen MR) is 107 cm³/mol. The van der Waals surface area contributed by atoms with Crippen molar-refractivity contribution in [2.75, 3.05) is 12.8 Å². The second kappa shape index (κ2) is 11.3. The fourth-order valence-electron chi connectivity index (χ4n) is 2.66. The van der Waals surface area contributed by atoms with E-state index in [1.807, 2.05) is 0 Å². The molecule has 16 heteroatoms. The van der Waals surface area contributed by atoms with Crippen LogP contribution in [0.15, 0.2) is 24.3 Å². The summed E-state index contributed by atoms with van der Waals surface area (Å²) >= 11 is 0. The lowest BCUT2D eigenvalue weighted by Gasteiger charge is -2.36. The molecule has 204 valence electrons. The first-order valence-corrected chi connectivity index (χ1v) is 11.9. The van der Waals surface area contributed by atoms with Gasteiger partial charge in [-0.05, 0) is 6.42 Å². The fraction of sp³-hybridized carbons (Fsp3) is 0.550. The third-order valence-corrected chi connectivity index (χ3v) is 5.53. The first-order valence-electron chi connectivity index (χ1n) is 10.1. The van der Waals surface area contributed by atoms with E-state index < -0.39 is 74.2 Å². The molecule has 0 aliphatic carbocycles. The highest BCUT2D eigenvalue weighted by Gasteiger charge is 2.80. The summed E-state index contributed by atoms with van der Waals surface area (Å²) in [5.74, 6) is -29.8. The van der Waals surface area contributed by atoms with Gasteiger partial charge in [-0.25, -0.2) is 0 Å². The summed E-state index contributed by atoms with van der Waals surface area (Å²) in [6, 6.07) is 3.66. The van der Waals surface area contributed by atoms with E-state index in [4.69, 9.17) is 9.79 Å². The van der Waals surface area contributed by atoms with Gasteiger partial charge in [0, 0.05) is 17.5 Å². The number of hydrogen-bond acceptors (Lipinski definition) is 5. The van der Waals surface area contributed by atoms with Gasteiger partial charge in [0.2, 0.25) is 0 Å². The van der Waals surface area contributed by atoms with Crippen molar-refractivity contribution in [1.82, 2.24) is 0 Å². The lowest BCUT2D eigenvalue weighted by molar-refractivity contribution is -0.369. The molecule has 0 aromatic heterocycles. The fourth-order valence-corrected chi connectivity index (χ4v) is 3.13. The average Bonchev–Trinajstić information content (AvgIpc) is 2.75. The zero-order chi connectivity index (χ0) is 28.2. The molecule has 1 aromatic carbocycles. The lowest BCUT2D eigenvalue weighted by atomic mass is 9.93. The Balaban J connectivity index is 3.00. The molecule has 2 N–H and O–H groups in total. The normalized spacial score (nSPS) is 13.4. The van der Waals surface area contributed by atoms with Gasteiger partial charge in [0.1, 0.15) is 0 Å². The van der Waals surface area contributed by atoms with Crippen molar-refractivity contribution in [3.8, 4) is 0 Å². The largest absolute Gasteiger partial charge is 0.459 e. The Hall–Kier alpha value is -2.38. The van der Waals surface area contributed by atoms with Gasteiger partial charge in [-0.2, -0.15) is 35.1 Å². The Kier molecular flexibility index (Phi) is 9.97. The van der Waals surface area contributed by atoms with Crippen LogP contribution in [0.1, 0.15) is 53.3 Å². The first kappa shape index (κ1) is 31.6. The van der Waals surface area contributed by atoms with Crippen molar-refractivity contribution in [2.45, 2.75) is 56.3 Å². The molecular weight excluding hydrogens is 535 g/mol. The molecule has 0 unspecified atom stereocenters. The number of halogens is 8. The maximum Gasteiger partial charge on any atom is 0.381 e. The Bertz CT molecular complexity index is 1010. The molecule has 0 aliphatic rings. The van der Waals surface area contributed by atoms with Crippen molar-refractivity contribution in [3.05, 3.63) is 35.4 Å². The van der Waals surface area contributed by atoms with Crippen LogP contribution in [0.5, 0.6) is 0 Å². The monoisotopic (exact) mass is 556 g/mol. The van der Waals surface area contributed by atoms with Crippen LogP contribution in [-0.4, -0.2) is 63.8 Å². The molecule has 1 aromatic rings. The van der Waals surface area contributed by atoms with Crippen molar-refractivity contribution in [1.29, 1.82) is 0 Å². The van der Waals surface area contributed by atoms with Crippen molar-refractivity contribution >= 4 is 25.1 Å². The van der Waals surface area contributed by atoms with Crippen LogP contribution in [0.3, 0.4) is 0 Å². The molecule has 0 heterocycles. The third kappa shape index (κ3) is 7.56. The maximum absolute atomic E-state index is 14.1. The molecule has 7 nitrogen and oxygen atoms in total. The number of hydrogen-bond donors (Lipinski definition) is 2. The molecule has 0 atom stereocenters. The second-order valence-corrected chi connectivity index (χ2v) is 9.48. The predicted octanol–water partition coefficient (Wildman–Crippen LogP) is 4.89. The number of rotatable bonds is 14. The number of carbonyl (C=O) groups is 3. The summed E-state index contributed by atoms with van der Waals surface area (Å²) in [6.45, 7) is -1.12. The summed E-state index contributed by atoms with van der Waals surface area (Å²) in [4.78, 5) is 52.0. The number of esters is 1. The summed E-state index contributed by atoms with van der Waals surface area (Å²) in [7, 11) is -4.82. The summed E-state index contributed by atoms with van der Waals surface area (Å²) in [6.07, 6.45) is -4.52. The van der Waals surface area contributed by atoms with Gasteiger partial charge in [-0.1, -0.05) is 31.2 Å². The Morgan fingerprint density at radius 2 is 1.25 bits per heavy atom. The number of ether oxygens (including phenoxy) is 1. The average molecular weight is 556 g/mol. The SMILES string of the molecule is CCCC(=O)c1ccc(C(=O)CC(F)(F)C(F)(F)C(F)(F)C(F)(F)COC(=O)CCP(=O)(O)O)cc1. The molecular formula is C20H21F8O7P. The van der Waals surface area contributed by atoms with Gasteiger partial charge < -0.3 is 14.5 Å². The summed E-state index contributed by atoms with van der Waals surface area (Å²) in [5.41, 5.74) is -0.611. The maximum atomic E-state index is 14.1. The highest BCUT2D eigenvalue weighted by Crippen LogP contribution is 2.54. The van der Waals surface area contributed by atoms with Crippen LogP contribution in [0.4, 0.5) is 35.1 Å². The topological polar surface area (TPSA) is 118 Å². The van der Waals surface area contributed by atoms with Crippen molar-refractivity contribution in [2.24, 2.45) is 0 Å². The van der Waals surface area contributed by atoms with Gasteiger partial charge in [0.05, 0.1) is 19.0 Å². The zero-order valence-corrected chi connectivity index (χ0v) is 19.4. The smallest absolute Gasteiger partial charge is 0.381 e. The molecule has 0 radical (unpaired) electrons. The molecule has 0 spiro atoms. The molecule has 36 heavy (non-hydrogen) atoms. The van der Waals surface area contributed by atoms with Crippen LogP contribution in [0.25, 0.3) is 0 Å². The number of ketones is 2. The van der Waals surface area contributed by atoms with Gasteiger partial charge in [-0.15, -0.1) is 0 Å². The van der Waals surface area contributed by atoms with Crippen LogP contribution >= 0.6 is 7.60 Å². The molecule has 0 saturated carbocycles. The molecule has 1 rings (SSSR count). The quantitative estimate of drug-likeness (QED) is 0.145. The summed E-state index contributed by atoms with van der Waals surface area (Å²) < 4.78 is 126. The standard InChI is InChI=1S/C20H21F8O7P/c1-2-3-14(29)12-4-6-13(7-5-12)15(30)10-17(21,22)19(25,26)20(27,28)18(23,24)11-35-16(31)8-9-36(32,33)34/h4-7H,2-3,8-11H2,1H3,(H2,32,33,34). The van der Waals surface area contributed by atoms with Gasteiger partial charge in [0.25, 0.3) is 0 Å². The second-order valence-electron chi connectivity index (χ2n) is 7.71. The minimum Gasteiger partial charge on any atom is -0.459 e. The highest BCUT2D eigenvalue weighted by molar-refractivity contribution is 7.51. The Labute approximate surface area is 199 Å². The van der Waals surface area contributed by atoms with Gasteiger partial charge in [-0.3, -0.25) is 18.9 Å². The Morgan fingerprint density at radius 1 is 0.806 bits per heavy atom. The highest BCUT2D eigenvalue weighted by atomic mass is 31.2. The molecule has 0 bridgehead atoms. The Morgan fingerprint density at radius 3 is 1.69 bits per heavy atom. The lowest BCUT2D eigenvalue weighted by Crippen LogP contribution is -2.63. The van der Waals surface area contributed by atoms with Crippen LogP contribution in [0.2, 0.25) is 0 Å². The van der Waals surface area contributed by atoms with E-state index in [2.05, 4.69) is 4.74 Å². The van der Waals surface area contributed by atoms with E-state index in [1.54, 1.807) is 6.92 Å². The molecule has 0 aliphatic heterocycles. The number of Topliss-reactive ketones (excluding diaryl/α,β-unsaturated/α-hetero) is 2. The van der Waals surface area contributed by atoms with E-state index in [-0.39, 0.29) is 17.8 Å². The first-order chi connectivity index (χ1) is 16.2. The summed E-state index contributed by atoms with van der Waals surface area (Å²) in [5, 5.41) is 0. The number of alkyl halides is 8. The van der Waals surface area contributed by atoms with E-state index in [1.165, 1.54) is 0 Å². The van der Waals surface area contributed by atoms with Crippen molar-refractivity contribution < 1.29 is 68.6 Å². The third-order valence-electron chi connectivity index (χ3n) is 4.72. The molecule has 0 saturated heterocycles. The molecule has 0 fully saturated rings. The van der Waals surface area contributed by atoms with E-state index in [9.17, 15) is 54.1 Å². The van der Waals surface area contributed by atoms with Gasteiger partial charge in [0.15, 0.2) is 18.2 Å². The van der Waals surface area contributed by atoms with Gasteiger partial charge >= 0.3 is 37.3 Å². The van der Waals surface area contributed by atoms with Crippen molar-refractivity contribution in [3.63, 3.8) is 0 Å². The number of benzene rings is 1. The van der Waals surface area contributed by atoms with E-state index in [0.29, 0.717) is 6.42 Å².